The molecule has 1 N–H and O–H groups in total. The van der Waals surface area contributed by atoms with Crippen molar-refractivity contribution in [3.05, 3.63) is 33.8 Å². The van der Waals surface area contributed by atoms with E-state index in [4.69, 9.17) is 23.2 Å². The van der Waals surface area contributed by atoms with Gasteiger partial charge in [0.2, 0.25) is 15.9 Å². The highest BCUT2D eigenvalue weighted by molar-refractivity contribution is 7.88. The molecule has 0 unspecified atom stereocenters. The smallest absolute Gasteiger partial charge is 0.224 e. The summed E-state index contributed by atoms with van der Waals surface area (Å²) in [6, 6.07) is 4.91. The molecule has 1 aliphatic rings. The van der Waals surface area contributed by atoms with Gasteiger partial charge in [-0.05, 0) is 43.9 Å². The molecule has 0 aliphatic carbocycles. The lowest BCUT2D eigenvalue weighted by Gasteiger charge is -2.31. The fourth-order valence-corrected chi connectivity index (χ4v) is 4.72. The highest BCUT2D eigenvalue weighted by Crippen LogP contribution is 2.26. The zero-order chi connectivity index (χ0) is 18.6. The summed E-state index contributed by atoms with van der Waals surface area (Å²) in [6.07, 6.45) is 2.23. The quantitative estimate of drug-likeness (QED) is 0.786. The summed E-state index contributed by atoms with van der Waals surface area (Å²) in [7, 11) is -3.51. The number of halogens is 2. The van der Waals surface area contributed by atoms with Crippen LogP contribution in [0.1, 0.15) is 38.7 Å². The molecule has 0 bridgehead atoms. The van der Waals surface area contributed by atoms with E-state index >= 15 is 0 Å². The van der Waals surface area contributed by atoms with Crippen molar-refractivity contribution in [1.29, 1.82) is 0 Å². The summed E-state index contributed by atoms with van der Waals surface area (Å²) in [5.74, 6) is -0.515. The van der Waals surface area contributed by atoms with Crippen LogP contribution in [0, 0.1) is 5.92 Å². The molecule has 140 valence electrons. The van der Waals surface area contributed by atoms with Crippen LogP contribution in [0.4, 0.5) is 0 Å². The van der Waals surface area contributed by atoms with Crippen LogP contribution >= 0.6 is 23.2 Å². The fraction of sp³-hybridized carbons (Fsp3) is 0.588. The number of carbonyl (C=O) groups excluding carboxylic acids is 1. The molecule has 8 heteroatoms. The lowest BCUT2D eigenvalue weighted by atomic mass is 9.98. The molecule has 0 saturated carbocycles. The summed E-state index contributed by atoms with van der Waals surface area (Å²) in [4.78, 5) is 12.3. The Kier molecular flexibility index (Phi) is 7.14. The molecule has 5 nitrogen and oxygen atoms in total. The maximum Gasteiger partial charge on any atom is 0.224 e. The van der Waals surface area contributed by atoms with Crippen LogP contribution in [0.3, 0.4) is 0 Å². The number of amides is 1. The number of piperidine rings is 1. The molecule has 1 fully saturated rings. The van der Waals surface area contributed by atoms with Gasteiger partial charge in [-0.15, -0.1) is 0 Å². The molecular weight excluding hydrogens is 383 g/mol. The molecule has 0 spiro atoms. The molecule has 0 radical (unpaired) electrons. The third-order valence-electron chi connectivity index (χ3n) is 4.48. The maximum absolute atomic E-state index is 12.7. The minimum atomic E-state index is -3.51. The fourth-order valence-electron chi connectivity index (χ4n) is 2.80. The Hall–Kier alpha value is -0.820. The zero-order valence-corrected chi connectivity index (χ0v) is 16.8. The Labute approximate surface area is 159 Å². The van der Waals surface area contributed by atoms with Crippen LogP contribution in [-0.4, -0.2) is 37.8 Å². The zero-order valence-electron chi connectivity index (χ0n) is 14.5. The van der Waals surface area contributed by atoms with Gasteiger partial charge in [0.05, 0.1) is 21.7 Å². The molecule has 25 heavy (non-hydrogen) atoms. The van der Waals surface area contributed by atoms with Crippen LogP contribution in [0.5, 0.6) is 0 Å². The van der Waals surface area contributed by atoms with Gasteiger partial charge < -0.3 is 5.32 Å². The van der Waals surface area contributed by atoms with Crippen molar-refractivity contribution >= 4 is 39.1 Å². The van der Waals surface area contributed by atoms with E-state index in [1.54, 1.807) is 18.2 Å². The van der Waals surface area contributed by atoms with Crippen molar-refractivity contribution in [1.82, 2.24) is 9.62 Å². The number of carbonyl (C=O) groups is 1. The van der Waals surface area contributed by atoms with E-state index in [-0.39, 0.29) is 30.2 Å². The van der Waals surface area contributed by atoms with E-state index in [0.717, 1.165) is 6.42 Å². The average molecular weight is 407 g/mol. The van der Waals surface area contributed by atoms with Crippen LogP contribution in [-0.2, 0) is 20.6 Å². The molecule has 1 aromatic rings. The first-order valence-corrected chi connectivity index (χ1v) is 10.8. The predicted molar refractivity (Wildman–Crippen MR) is 101 cm³/mol. The molecule has 1 saturated heterocycles. The van der Waals surface area contributed by atoms with Gasteiger partial charge in [-0.2, -0.15) is 0 Å². The Morgan fingerprint density at radius 2 is 2.08 bits per heavy atom. The SMILES string of the molecule is CC[C@H](C)NC(=O)[C@H]1CCCN(S(=O)(=O)Cc2ccc(Cl)c(Cl)c2)C1. The summed E-state index contributed by atoms with van der Waals surface area (Å²) in [6.45, 7) is 4.61. The number of rotatable bonds is 6. The monoisotopic (exact) mass is 406 g/mol. The van der Waals surface area contributed by atoms with Gasteiger partial charge in [0.15, 0.2) is 0 Å². The number of nitrogens with zero attached hydrogens (tertiary/aromatic N) is 1. The molecule has 2 atom stereocenters. The molecule has 0 aromatic heterocycles. The average Bonchev–Trinajstić information content (AvgIpc) is 2.58. The number of benzene rings is 1. The van der Waals surface area contributed by atoms with Gasteiger partial charge in [0.1, 0.15) is 0 Å². The molecule has 1 amide bonds. The van der Waals surface area contributed by atoms with Crippen molar-refractivity contribution in [2.75, 3.05) is 13.1 Å². The third-order valence-corrected chi connectivity index (χ3v) is 7.04. The van der Waals surface area contributed by atoms with Gasteiger partial charge >= 0.3 is 0 Å². The molecule has 1 aromatic carbocycles. The number of hydrogen-bond acceptors (Lipinski definition) is 3. The minimum absolute atomic E-state index is 0.0659. The second kappa shape index (κ2) is 8.71. The standard InChI is InChI=1S/C17H24Cl2N2O3S/c1-3-12(2)20-17(22)14-5-4-8-21(10-14)25(23,24)11-13-6-7-15(18)16(19)9-13/h6-7,9,12,14H,3-5,8,10-11H2,1-2H3,(H,20,22)/t12-,14-/m0/s1. The Morgan fingerprint density at radius 1 is 1.36 bits per heavy atom. The molecule has 1 aliphatic heterocycles. The Morgan fingerprint density at radius 3 is 2.72 bits per heavy atom. The lowest BCUT2D eigenvalue weighted by Crippen LogP contribution is -2.47. The first-order valence-electron chi connectivity index (χ1n) is 8.45. The van der Waals surface area contributed by atoms with Gasteiger partial charge in [0, 0.05) is 19.1 Å². The van der Waals surface area contributed by atoms with Crippen LogP contribution in [0.25, 0.3) is 0 Å². The van der Waals surface area contributed by atoms with E-state index in [1.807, 2.05) is 13.8 Å². The van der Waals surface area contributed by atoms with E-state index in [1.165, 1.54) is 4.31 Å². The van der Waals surface area contributed by atoms with Crippen LogP contribution < -0.4 is 5.32 Å². The highest BCUT2D eigenvalue weighted by Gasteiger charge is 2.32. The first kappa shape index (κ1) is 20.5. The summed E-state index contributed by atoms with van der Waals surface area (Å²) >= 11 is 11.8. The number of hydrogen-bond donors (Lipinski definition) is 1. The summed E-state index contributed by atoms with van der Waals surface area (Å²) in [5.41, 5.74) is 0.584. The third kappa shape index (κ3) is 5.58. The van der Waals surface area contributed by atoms with E-state index < -0.39 is 10.0 Å². The Bertz CT molecular complexity index is 725. The van der Waals surface area contributed by atoms with E-state index in [9.17, 15) is 13.2 Å². The molecule has 2 rings (SSSR count). The maximum atomic E-state index is 12.7. The minimum Gasteiger partial charge on any atom is -0.353 e. The van der Waals surface area contributed by atoms with Crippen molar-refractivity contribution in [3.63, 3.8) is 0 Å². The summed E-state index contributed by atoms with van der Waals surface area (Å²) in [5, 5.41) is 3.67. The number of nitrogens with one attached hydrogen (secondary N) is 1. The first-order chi connectivity index (χ1) is 11.7. The van der Waals surface area contributed by atoms with Crippen LogP contribution in [0.15, 0.2) is 18.2 Å². The van der Waals surface area contributed by atoms with Gasteiger partial charge in [0.25, 0.3) is 0 Å². The predicted octanol–water partition coefficient (Wildman–Crippen LogP) is 3.45. The van der Waals surface area contributed by atoms with Crippen molar-refractivity contribution in [2.45, 2.75) is 44.9 Å². The molecular formula is C17H24Cl2N2O3S. The van der Waals surface area contributed by atoms with Crippen molar-refractivity contribution in [2.24, 2.45) is 5.92 Å². The highest BCUT2D eigenvalue weighted by atomic mass is 35.5. The number of sulfonamides is 1. The largest absolute Gasteiger partial charge is 0.353 e. The second-order valence-electron chi connectivity index (χ2n) is 6.52. The second-order valence-corrected chi connectivity index (χ2v) is 9.30. The summed E-state index contributed by atoms with van der Waals surface area (Å²) < 4.78 is 26.8. The Balaban J connectivity index is 2.05. The topological polar surface area (TPSA) is 66.5 Å². The van der Waals surface area contributed by atoms with Crippen molar-refractivity contribution < 1.29 is 13.2 Å². The van der Waals surface area contributed by atoms with Gasteiger partial charge in [-0.1, -0.05) is 36.2 Å². The lowest BCUT2D eigenvalue weighted by molar-refractivity contribution is -0.126. The van der Waals surface area contributed by atoms with Crippen molar-refractivity contribution in [3.8, 4) is 0 Å². The van der Waals surface area contributed by atoms with Gasteiger partial charge in [-0.3, -0.25) is 4.79 Å². The molecule has 1 heterocycles. The van der Waals surface area contributed by atoms with Crippen LogP contribution in [0.2, 0.25) is 10.0 Å². The normalized spacial score (nSPS) is 20.2. The van der Waals surface area contributed by atoms with E-state index in [2.05, 4.69) is 5.32 Å². The van der Waals surface area contributed by atoms with Gasteiger partial charge in [-0.25, -0.2) is 12.7 Å². The van der Waals surface area contributed by atoms with E-state index in [0.29, 0.717) is 35.0 Å².